The first-order valence-electron chi connectivity index (χ1n) is 10.9. The molecule has 0 unspecified atom stereocenters. The number of amides is 5. The van der Waals surface area contributed by atoms with Gasteiger partial charge in [-0.05, 0) is 32.3 Å². The lowest BCUT2D eigenvalue weighted by atomic mass is 10.2. The Morgan fingerprint density at radius 1 is 1.06 bits per heavy atom. The van der Waals surface area contributed by atoms with Crippen LogP contribution in [-0.4, -0.2) is 66.3 Å². The topological polar surface area (TPSA) is 146 Å². The van der Waals surface area contributed by atoms with Crippen molar-refractivity contribution in [2.45, 2.75) is 51.4 Å². The van der Waals surface area contributed by atoms with Gasteiger partial charge in [0.15, 0.2) is 0 Å². The molecule has 3 atom stereocenters. The first kappa shape index (κ1) is 26.4. The van der Waals surface area contributed by atoms with Crippen LogP contribution in [0.25, 0.3) is 0 Å². The van der Waals surface area contributed by atoms with E-state index >= 15 is 0 Å². The van der Waals surface area contributed by atoms with Gasteiger partial charge < -0.3 is 30.9 Å². The number of likely N-dealkylation sites (tertiary alicyclic amines) is 1. The predicted octanol–water partition coefficient (Wildman–Crippen LogP) is 0.173. The maximum atomic E-state index is 12.8. The average molecular weight is 474 g/mol. The zero-order chi connectivity index (χ0) is 25.3. The number of alkyl carbamates (subject to hydrolysis) is 1. The molecule has 2 rings (SSSR count). The molecule has 184 valence electrons. The number of hydrogen-bond acceptors (Lipinski definition) is 6. The molecule has 34 heavy (non-hydrogen) atoms. The lowest BCUT2D eigenvalue weighted by Gasteiger charge is -2.26. The van der Waals surface area contributed by atoms with Gasteiger partial charge in [0.05, 0.1) is 5.70 Å². The van der Waals surface area contributed by atoms with Crippen LogP contribution in [0, 0.1) is 0 Å². The van der Waals surface area contributed by atoms with Gasteiger partial charge in [-0.25, -0.2) is 4.79 Å². The molecule has 11 nitrogen and oxygen atoms in total. The molecule has 1 aromatic rings. The SMILES string of the molecule is C=C(NC(=O)[C@H](C)NC(=O)OCc1ccccc1)C(=O)N1CCC[C@H]1C(=O)N[C@@H](C)C(=O)NC. The van der Waals surface area contributed by atoms with E-state index in [4.69, 9.17) is 4.74 Å². The average Bonchev–Trinajstić information content (AvgIpc) is 3.32. The number of nitrogens with one attached hydrogen (secondary N) is 4. The number of hydrogen-bond donors (Lipinski definition) is 4. The Kier molecular flexibility index (Phi) is 9.60. The Labute approximate surface area is 198 Å². The quantitative estimate of drug-likeness (QED) is 0.376. The highest BCUT2D eigenvalue weighted by molar-refractivity contribution is 6.01. The first-order valence-corrected chi connectivity index (χ1v) is 10.9. The molecule has 0 aromatic heterocycles. The lowest BCUT2D eigenvalue weighted by molar-refractivity contribution is -0.137. The van der Waals surface area contributed by atoms with Crippen LogP contribution in [0.1, 0.15) is 32.3 Å². The van der Waals surface area contributed by atoms with Crippen LogP contribution in [0.3, 0.4) is 0 Å². The third-order valence-corrected chi connectivity index (χ3v) is 5.29. The molecule has 1 saturated heterocycles. The standard InChI is InChI=1S/C23H31N5O6/c1-14(19(29)24-4)25-21(31)18-11-8-12-28(18)22(32)16(3)26-20(30)15(2)27-23(33)34-13-17-9-6-5-7-10-17/h5-7,9-10,14-15,18H,3,8,11-13H2,1-2,4H3,(H,24,29)(H,25,31)(H,26,30)(H,27,33)/t14-,15-,18-/m0/s1. The maximum absolute atomic E-state index is 12.8. The molecule has 1 aromatic carbocycles. The van der Waals surface area contributed by atoms with Gasteiger partial charge in [-0.3, -0.25) is 19.2 Å². The van der Waals surface area contributed by atoms with Crippen LogP contribution in [0.2, 0.25) is 0 Å². The first-order chi connectivity index (χ1) is 16.1. The van der Waals surface area contributed by atoms with Crippen molar-refractivity contribution in [3.63, 3.8) is 0 Å². The Balaban J connectivity index is 1.85. The Morgan fingerprint density at radius 3 is 2.35 bits per heavy atom. The number of rotatable bonds is 9. The molecule has 1 heterocycles. The van der Waals surface area contributed by atoms with E-state index in [-0.39, 0.29) is 18.2 Å². The smallest absolute Gasteiger partial charge is 0.408 e. The minimum atomic E-state index is -1.00. The molecule has 4 N–H and O–H groups in total. The van der Waals surface area contributed by atoms with E-state index in [1.807, 2.05) is 18.2 Å². The molecule has 1 aliphatic rings. The van der Waals surface area contributed by atoms with Crippen LogP contribution < -0.4 is 21.3 Å². The molecule has 1 fully saturated rings. The summed E-state index contributed by atoms with van der Waals surface area (Å²) in [5, 5.41) is 9.78. The molecular formula is C23H31N5O6. The summed E-state index contributed by atoms with van der Waals surface area (Å²) in [7, 11) is 1.46. The van der Waals surface area contributed by atoms with Crippen molar-refractivity contribution < 1.29 is 28.7 Å². The number of ether oxygens (including phenoxy) is 1. The third-order valence-electron chi connectivity index (χ3n) is 5.29. The zero-order valence-electron chi connectivity index (χ0n) is 19.6. The van der Waals surface area contributed by atoms with Crippen molar-refractivity contribution >= 4 is 29.7 Å². The van der Waals surface area contributed by atoms with Gasteiger partial charge in [0.25, 0.3) is 5.91 Å². The Bertz CT molecular complexity index is 935. The van der Waals surface area contributed by atoms with Gasteiger partial charge in [0.2, 0.25) is 17.7 Å². The zero-order valence-corrected chi connectivity index (χ0v) is 19.6. The van der Waals surface area contributed by atoms with Gasteiger partial charge in [0, 0.05) is 13.6 Å². The maximum Gasteiger partial charge on any atom is 0.408 e. The van der Waals surface area contributed by atoms with E-state index in [0.717, 1.165) is 5.56 Å². The van der Waals surface area contributed by atoms with E-state index in [1.165, 1.54) is 25.8 Å². The summed E-state index contributed by atoms with van der Waals surface area (Å²) in [5.41, 5.74) is 0.568. The van der Waals surface area contributed by atoms with Crippen molar-refractivity contribution in [2.24, 2.45) is 0 Å². The summed E-state index contributed by atoms with van der Waals surface area (Å²) in [6.07, 6.45) is 0.222. The number of nitrogens with zero attached hydrogens (tertiary/aromatic N) is 1. The van der Waals surface area contributed by atoms with E-state index in [9.17, 15) is 24.0 Å². The summed E-state index contributed by atoms with van der Waals surface area (Å²) < 4.78 is 5.08. The molecule has 11 heteroatoms. The Hall–Kier alpha value is -3.89. The van der Waals surface area contributed by atoms with Gasteiger partial charge in [-0.15, -0.1) is 0 Å². The van der Waals surface area contributed by atoms with Crippen molar-refractivity contribution in [3.05, 3.63) is 48.2 Å². The fourth-order valence-corrected chi connectivity index (χ4v) is 3.36. The fraction of sp³-hybridized carbons (Fsp3) is 0.435. The predicted molar refractivity (Wildman–Crippen MR) is 123 cm³/mol. The molecule has 1 aliphatic heterocycles. The van der Waals surface area contributed by atoms with E-state index in [2.05, 4.69) is 27.8 Å². The van der Waals surface area contributed by atoms with E-state index < -0.39 is 41.9 Å². The Morgan fingerprint density at radius 2 is 1.71 bits per heavy atom. The van der Waals surface area contributed by atoms with Gasteiger partial charge in [-0.2, -0.15) is 0 Å². The summed E-state index contributed by atoms with van der Waals surface area (Å²) in [5.74, 6) is -2.09. The molecule has 0 saturated carbocycles. The minimum Gasteiger partial charge on any atom is -0.445 e. The fourth-order valence-electron chi connectivity index (χ4n) is 3.36. The second-order valence-corrected chi connectivity index (χ2v) is 7.90. The van der Waals surface area contributed by atoms with Crippen LogP contribution in [0.4, 0.5) is 4.79 Å². The second-order valence-electron chi connectivity index (χ2n) is 7.90. The second kappa shape index (κ2) is 12.4. The van der Waals surface area contributed by atoms with Crippen LogP contribution in [0.15, 0.2) is 42.6 Å². The molecule has 0 aliphatic carbocycles. The lowest BCUT2D eigenvalue weighted by Crippen LogP contribution is -2.53. The molecular weight excluding hydrogens is 442 g/mol. The molecule has 0 bridgehead atoms. The molecule has 0 spiro atoms. The normalized spacial score (nSPS) is 16.6. The monoisotopic (exact) mass is 473 g/mol. The van der Waals surface area contributed by atoms with Crippen LogP contribution in [-0.2, 0) is 30.5 Å². The summed E-state index contributed by atoms with van der Waals surface area (Å²) in [4.78, 5) is 62.7. The number of benzene rings is 1. The number of carbonyl (C=O) groups is 5. The highest BCUT2D eigenvalue weighted by atomic mass is 16.5. The number of likely N-dealkylation sites (N-methyl/N-ethyl adjacent to an activating group) is 1. The van der Waals surface area contributed by atoms with E-state index in [1.54, 1.807) is 12.1 Å². The summed E-state index contributed by atoms with van der Waals surface area (Å²) in [6, 6.07) is 6.52. The van der Waals surface area contributed by atoms with Gasteiger partial charge >= 0.3 is 6.09 Å². The summed E-state index contributed by atoms with van der Waals surface area (Å²) in [6.45, 7) is 6.93. The van der Waals surface area contributed by atoms with Crippen molar-refractivity contribution in [1.82, 2.24) is 26.2 Å². The highest BCUT2D eigenvalue weighted by Gasteiger charge is 2.36. The van der Waals surface area contributed by atoms with Crippen molar-refractivity contribution in [2.75, 3.05) is 13.6 Å². The molecule has 5 amide bonds. The van der Waals surface area contributed by atoms with Crippen molar-refractivity contribution in [1.29, 1.82) is 0 Å². The number of carbonyl (C=O) groups excluding carboxylic acids is 5. The molecule has 0 radical (unpaired) electrons. The minimum absolute atomic E-state index is 0.0448. The van der Waals surface area contributed by atoms with E-state index in [0.29, 0.717) is 19.4 Å². The van der Waals surface area contributed by atoms with Crippen LogP contribution >= 0.6 is 0 Å². The third kappa shape index (κ3) is 7.32. The highest BCUT2D eigenvalue weighted by Crippen LogP contribution is 2.19. The van der Waals surface area contributed by atoms with Gasteiger partial charge in [-0.1, -0.05) is 36.9 Å². The van der Waals surface area contributed by atoms with Crippen molar-refractivity contribution in [3.8, 4) is 0 Å². The summed E-state index contributed by atoms with van der Waals surface area (Å²) >= 11 is 0. The largest absolute Gasteiger partial charge is 0.445 e. The van der Waals surface area contributed by atoms with Gasteiger partial charge in [0.1, 0.15) is 24.7 Å². The van der Waals surface area contributed by atoms with Crippen LogP contribution in [0.5, 0.6) is 0 Å².